The molecule has 0 aliphatic heterocycles. The van der Waals surface area contributed by atoms with E-state index in [1.165, 1.54) is 6.92 Å². The molecule has 0 amide bonds. The van der Waals surface area contributed by atoms with Crippen molar-refractivity contribution in [2.24, 2.45) is 17.8 Å². The number of esters is 1. The van der Waals surface area contributed by atoms with E-state index >= 15 is 0 Å². The van der Waals surface area contributed by atoms with Crippen LogP contribution in [0.5, 0.6) is 0 Å². The summed E-state index contributed by atoms with van der Waals surface area (Å²) in [4.78, 5) is 11.4. The SMILES string of the molecule is C=C(C)[C@H]1C[C@@H]2[C@H](C[C@H](O)[C@@]2(C)O)C(C)=C[C@@H]1OC(C)=O. The fourth-order valence-electron chi connectivity index (χ4n) is 3.90. The number of carbonyl (C=O) groups is 1. The van der Waals surface area contributed by atoms with Crippen molar-refractivity contribution in [3.8, 4) is 0 Å². The Morgan fingerprint density at radius 3 is 2.57 bits per heavy atom. The zero-order valence-electron chi connectivity index (χ0n) is 13.3. The van der Waals surface area contributed by atoms with Gasteiger partial charge >= 0.3 is 5.97 Å². The van der Waals surface area contributed by atoms with E-state index in [1.807, 2.05) is 19.9 Å². The van der Waals surface area contributed by atoms with Crippen molar-refractivity contribution in [1.29, 1.82) is 0 Å². The third-order valence-electron chi connectivity index (χ3n) is 5.24. The van der Waals surface area contributed by atoms with E-state index in [2.05, 4.69) is 6.58 Å². The van der Waals surface area contributed by atoms with Crippen LogP contribution in [0, 0.1) is 17.8 Å². The van der Waals surface area contributed by atoms with Crippen molar-refractivity contribution in [3.63, 3.8) is 0 Å². The Labute approximate surface area is 126 Å². The molecular weight excluding hydrogens is 268 g/mol. The van der Waals surface area contributed by atoms with Gasteiger partial charge in [0.2, 0.25) is 0 Å². The molecule has 0 aromatic rings. The number of fused-ring (bicyclic) bond motifs is 1. The van der Waals surface area contributed by atoms with Crippen molar-refractivity contribution in [2.75, 3.05) is 0 Å². The molecule has 118 valence electrons. The van der Waals surface area contributed by atoms with E-state index in [4.69, 9.17) is 4.74 Å². The Morgan fingerprint density at radius 2 is 2.05 bits per heavy atom. The summed E-state index contributed by atoms with van der Waals surface area (Å²) in [6, 6.07) is 0. The molecule has 2 N–H and O–H groups in total. The van der Waals surface area contributed by atoms with Crippen LogP contribution in [0.4, 0.5) is 0 Å². The van der Waals surface area contributed by atoms with Gasteiger partial charge in [0.1, 0.15) is 6.10 Å². The quantitative estimate of drug-likeness (QED) is 0.605. The van der Waals surface area contributed by atoms with Gasteiger partial charge in [-0.3, -0.25) is 4.79 Å². The highest BCUT2D eigenvalue weighted by atomic mass is 16.5. The van der Waals surface area contributed by atoms with Crippen LogP contribution >= 0.6 is 0 Å². The summed E-state index contributed by atoms with van der Waals surface area (Å²) in [7, 11) is 0. The molecule has 0 heterocycles. The third kappa shape index (κ3) is 2.92. The maximum absolute atomic E-state index is 11.4. The summed E-state index contributed by atoms with van der Waals surface area (Å²) in [5.74, 6) is -0.270. The van der Waals surface area contributed by atoms with E-state index in [1.54, 1.807) is 6.92 Å². The Bertz CT molecular complexity index is 477. The first-order valence-electron chi connectivity index (χ1n) is 7.56. The van der Waals surface area contributed by atoms with E-state index < -0.39 is 11.7 Å². The smallest absolute Gasteiger partial charge is 0.303 e. The molecule has 6 atom stereocenters. The molecule has 0 aromatic carbocycles. The van der Waals surface area contributed by atoms with Gasteiger partial charge in [-0.15, -0.1) is 0 Å². The summed E-state index contributed by atoms with van der Waals surface area (Å²) in [5, 5.41) is 20.8. The van der Waals surface area contributed by atoms with Gasteiger partial charge < -0.3 is 14.9 Å². The molecule has 0 saturated heterocycles. The topological polar surface area (TPSA) is 66.8 Å². The Morgan fingerprint density at radius 1 is 1.43 bits per heavy atom. The lowest BCUT2D eigenvalue weighted by Gasteiger charge is -2.33. The Hall–Kier alpha value is -1.13. The summed E-state index contributed by atoms with van der Waals surface area (Å²) < 4.78 is 5.46. The number of aliphatic hydroxyl groups is 2. The average molecular weight is 294 g/mol. The zero-order chi connectivity index (χ0) is 15.9. The monoisotopic (exact) mass is 294 g/mol. The van der Waals surface area contributed by atoms with Gasteiger partial charge in [-0.05, 0) is 51.5 Å². The van der Waals surface area contributed by atoms with Crippen LogP contribution in [-0.4, -0.2) is 34.0 Å². The third-order valence-corrected chi connectivity index (χ3v) is 5.24. The first-order valence-corrected chi connectivity index (χ1v) is 7.56. The van der Waals surface area contributed by atoms with Gasteiger partial charge in [-0.1, -0.05) is 17.7 Å². The van der Waals surface area contributed by atoms with E-state index in [0.717, 1.165) is 11.1 Å². The minimum Gasteiger partial charge on any atom is -0.458 e. The molecule has 1 saturated carbocycles. The van der Waals surface area contributed by atoms with Gasteiger partial charge in [0.05, 0.1) is 11.7 Å². The maximum Gasteiger partial charge on any atom is 0.303 e. The molecular formula is C17H26O4. The molecule has 4 nitrogen and oxygen atoms in total. The number of ether oxygens (including phenoxy) is 1. The number of hydrogen-bond acceptors (Lipinski definition) is 4. The molecule has 2 aliphatic carbocycles. The highest BCUT2D eigenvalue weighted by Crippen LogP contribution is 2.50. The Kier molecular flexibility index (Phi) is 4.31. The lowest BCUT2D eigenvalue weighted by molar-refractivity contribution is -0.146. The van der Waals surface area contributed by atoms with Gasteiger partial charge in [0.15, 0.2) is 0 Å². The highest BCUT2D eigenvalue weighted by Gasteiger charge is 2.53. The maximum atomic E-state index is 11.4. The molecule has 2 aliphatic rings. The second kappa shape index (κ2) is 5.58. The summed E-state index contributed by atoms with van der Waals surface area (Å²) in [6.07, 6.45) is 2.14. The second-order valence-electron chi connectivity index (χ2n) is 6.86. The van der Waals surface area contributed by atoms with Crippen LogP contribution in [0.3, 0.4) is 0 Å². The van der Waals surface area contributed by atoms with Crippen LogP contribution in [0.2, 0.25) is 0 Å². The number of rotatable bonds is 2. The fourth-order valence-corrected chi connectivity index (χ4v) is 3.90. The van der Waals surface area contributed by atoms with Crippen molar-refractivity contribution in [3.05, 3.63) is 23.8 Å². The van der Waals surface area contributed by atoms with E-state index in [-0.39, 0.29) is 29.8 Å². The summed E-state index contributed by atoms with van der Waals surface area (Å²) in [5.41, 5.74) is 0.897. The van der Waals surface area contributed by atoms with Crippen LogP contribution < -0.4 is 0 Å². The molecule has 21 heavy (non-hydrogen) atoms. The normalized spacial score (nSPS) is 42.8. The van der Waals surface area contributed by atoms with Crippen LogP contribution in [0.15, 0.2) is 23.8 Å². The Balaban J connectivity index is 2.39. The standard InChI is InChI=1S/C17H26O4/c1-9(2)12-7-14-13(8-16(19)17(14,5)20)10(3)6-15(12)21-11(4)18/h6,12-16,19-20H,1,7-8H2,2-5H3/t12-,13-,14-,15+,16+,17+/m1/s1. The molecule has 0 aromatic heterocycles. The van der Waals surface area contributed by atoms with E-state index in [9.17, 15) is 15.0 Å². The fraction of sp³-hybridized carbons (Fsp3) is 0.706. The number of aliphatic hydroxyl groups excluding tert-OH is 1. The van der Waals surface area contributed by atoms with E-state index in [0.29, 0.717) is 12.8 Å². The predicted octanol–water partition coefficient (Wildman–Crippen LogP) is 2.21. The lowest BCUT2D eigenvalue weighted by atomic mass is 9.77. The lowest BCUT2D eigenvalue weighted by Crippen LogP contribution is -2.42. The zero-order valence-corrected chi connectivity index (χ0v) is 13.3. The number of carbonyl (C=O) groups excluding carboxylic acids is 1. The molecule has 4 heteroatoms. The first kappa shape index (κ1) is 16.2. The minimum atomic E-state index is -1.11. The van der Waals surface area contributed by atoms with Crippen LogP contribution in [0.25, 0.3) is 0 Å². The molecule has 0 bridgehead atoms. The second-order valence-corrected chi connectivity index (χ2v) is 6.86. The van der Waals surface area contributed by atoms with Crippen molar-refractivity contribution in [1.82, 2.24) is 0 Å². The van der Waals surface area contributed by atoms with Gasteiger partial charge in [-0.25, -0.2) is 0 Å². The molecule has 1 fully saturated rings. The van der Waals surface area contributed by atoms with Gasteiger partial charge in [0, 0.05) is 12.8 Å². The minimum absolute atomic E-state index is 0.0318. The van der Waals surface area contributed by atoms with Crippen LogP contribution in [-0.2, 0) is 9.53 Å². The van der Waals surface area contributed by atoms with Crippen molar-refractivity contribution in [2.45, 2.75) is 58.3 Å². The molecule has 0 radical (unpaired) electrons. The molecule has 0 spiro atoms. The van der Waals surface area contributed by atoms with Gasteiger partial charge in [-0.2, -0.15) is 0 Å². The summed E-state index contributed by atoms with van der Waals surface area (Å²) >= 11 is 0. The first-order chi connectivity index (χ1) is 9.64. The van der Waals surface area contributed by atoms with Gasteiger partial charge in [0.25, 0.3) is 0 Å². The predicted molar refractivity (Wildman–Crippen MR) is 80.5 cm³/mol. The number of allylic oxidation sites excluding steroid dienone is 1. The largest absolute Gasteiger partial charge is 0.458 e. The molecule has 2 rings (SSSR count). The average Bonchev–Trinajstić information content (AvgIpc) is 2.48. The number of hydrogen-bond donors (Lipinski definition) is 2. The van der Waals surface area contributed by atoms with Crippen LogP contribution in [0.1, 0.15) is 40.5 Å². The molecule has 0 unspecified atom stereocenters. The van der Waals surface area contributed by atoms with Crippen molar-refractivity contribution >= 4 is 5.97 Å². The summed E-state index contributed by atoms with van der Waals surface area (Å²) in [6.45, 7) is 11.0. The highest BCUT2D eigenvalue weighted by molar-refractivity contribution is 5.66. The van der Waals surface area contributed by atoms with Crippen molar-refractivity contribution < 1.29 is 19.7 Å².